The van der Waals surface area contributed by atoms with Crippen molar-refractivity contribution in [1.29, 1.82) is 0 Å². The molecule has 1 heterocycles. The summed E-state index contributed by atoms with van der Waals surface area (Å²) in [4.78, 5) is 11.5. The van der Waals surface area contributed by atoms with Crippen molar-refractivity contribution in [3.8, 4) is 34.7 Å². The lowest BCUT2D eigenvalue weighted by molar-refractivity contribution is -0.274. The third-order valence-electron chi connectivity index (χ3n) is 4.54. The van der Waals surface area contributed by atoms with E-state index in [1.54, 1.807) is 24.3 Å². The third kappa shape index (κ3) is 4.89. The van der Waals surface area contributed by atoms with Gasteiger partial charge in [0.1, 0.15) is 22.6 Å². The maximum absolute atomic E-state index is 12.5. The Morgan fingerprint density at radius 1 is 1.03 bits per heavy atom. The van der Waals surface area contributed by atoms with Crippen molar-refractivity contribution in [2.75, 3.05) is 0 Å². The highest BCUT2D eigenvalue weighted by atomic mass is 35.5. The van der Waals surface area contributed by atoms with Crippen molar-refractivity contribution in [2.45, 2.75) is 6.36 Å². The van der Waals surface area contributed by atoms with Gasteiger partial charge in [-0.1, -0.05) is 29.5 Å². The van der Waals surface area contributed by atoms with Crippen molar-refractivity contribution < 1.29 is 37.3 Å². The van der Waals surface area contributed by atoms with Gasteiger partial charge in [0.05, 0.1) is 5.56 Å². The summed E-state index contributed by atoms with van der Waals surface area (Å²) in [5.74, 6) is 3.76. The summed E-state index contributed by atoms with van der Waals surface area (Å²) < 4.78 is 47.1. The van der Waals surface area contributed by atoms with Crippen LogP contribution in [0.25, 0.3) is 22.3 Å². The summed E-state index contributed by atoms with van der Waals surface area (Å²) in [5.41, 5.74) is 1.03. The number of hydrogen-bond donors (Lipinski definition) is 2. The molecule has 0 unspecified atom stereocenters. The highest BCUT2D eigenvalue weighted by Gasteiger charge is 2.31. The van der Waals surface area contributed by atoms with Crippen LogP contribution >= 0.6 is 11.6 Å². The van der Waals surface area contributed by atoms with E-state index in [-0.39, 0.29) is 22.5 Å². The molecule has 9 heteroatoms. The largest absolute Gasteiger partial charge is 0.573 e. The minimum atomic E-state index is -4.83. The van der Waals surface area contributed by atoms with Crippen LogP contribution in [0.3, 0.4) is 0 Å². The first-order valence-corrected chi connectivity index (χ1v) is 9.65. The molecule has 0 radical (unpaired) electrons. The van der Waals surface area contributed by atoms with E-state index in [0.717, 1.165) is 18.2 Å². The molecule has 0 atom stereocenters. The molecule has 4 rings (SSSR count). The molecule has 5 nitrogen and oxygen atoms in total. The summed E-state index contributed by atoms with van der Waals surface area (Å²) in [6, 6.07) is 14.0. The summed E-state index contributed by atoms with van der Waals surface area (Å²) in [7, 11) is 0. The monoisotopic (exact) mass is 472 g/mol. The van der Waals surface area contributed by atoms with Gasteiger partial charge in [-0.05, 0) is 48.5 Å². The van der Waals surface area contributed by atoms with Crippen molar-refractivity contribution >= 4 is 28.5 Å². The van der Waals surface area contributed by atoms with Crippen molar-refractivity contribution in [2.24, 2.45) is 0 Å². The SMILES string of the molecule is O=C(O)c1cc2c(C#Cc3cccc(Cl)c3)c(-c3ccc(OC(F)(F)F)cc3)oc2cc1O. The first kappa shape index (κ1) is 22.1. The lowest BCUT2D eigenvalue weighted by Crippen LogP contribution is -2.16. The van der Waals surface area contributed by atoms with Crippen LogP contribution in [0.2, 0.25) is 5.02 Å². The maximum atomic E-state index is 12.5. The van der Waals surface area contributed by atoms with Crippen LogP contribution in [0.15, 0.2) is 65.1 Å². The van der Waals surface area contributed by atoms with Gasteiger partial charge in [-0.15, -0.1) is 13.2 Å². The van der Waals surface area contributed by atoms with Crippen LogP contribution in [0.4, 0.5) is 13.2 Å². The van der Waals surface area contributed by atoms with Crippen molar-refractivity contribution in [3.05, 3.63) is 82.4 Å². The standard InChI is InChI=1S/C24H12ClF3O5/c25-15-3-1-2-13(10-15)4-9-17-18-11-19(23(30)31)20(29)12-21(18)32-22(17)14-5-7-16(8-6-14)33-24(26,27)28/h1-3,5-8,10-12,29H,(H,30,31). The summed E-state index contributed by atoms with van der Waals surface area (Å²) >= 11 is 5.99. The normalized spacial score (nSPS) is 11.2. The van der Waals surface area contributed by atoms with E-state index in [0.29, 0.717) is 21.5 Å². The Kier molecular flexibility index (Phi) is 5.66. The number of ether oxygens (including phenoxy) is 1. The fraction of sp³-hybridized carbons (Fsp3) is 0.0417. The van der Waals surface area contributed by atoms with Gasteiger partial charge >= 0.3 is 12.3 Å². The Morgan fingerprint density at radius 2 is 1.76 bits per heavy atom. The molecule has 0 saturated carbocycles. The molecule has 0 bridgehead atoms. The van der Waals surface area contributed by atoms with E-state index < -0.39 is 23.8 Å². The third-order valence-corrected chi connectivity index (χ3v) is 4.78. The van der Waals surface area contributed by atoms with Gasteiger partial charge in [0.25, 0.3) is 0 Å². The predicted molar refractivity (Wildman–Crippen MR) is 114 cm³/mol. The minimum absolute atomic E-state index is 0.151. The number of carboxylic acid groups (broad SMARTS) is 1. The van der Waals surface area contributed by atoms with Gasteiger partial charge < -0.3 is 19.4 Å². The molecule has 33 heavy (non-hydrogen) atoms. The first-order valence-electron chi connectivity index (χ1n) is 9.27. The Bertz CT molecular complexity index is 1430. The molecule has 166 valence electrons. The van der Waals surface area contributed by atoms with E-state index in [1.165, 1.54) is 18.2 Å². The van der Waals surface area contributed by atoms with Gasteiger partial charge in [-0.3, -0.25) is 0 Å². The number of fused-ring (bicyclic) bond motifs is 1. The number of aromatic hydroxyl groups is 1. The quantitative estimate of drug-likeness (QED) is 0.335. The molecule has 0 aliphatic heterocycles. The molecule has 0 saturated heterocycles. The zero-order valence-corrected chi connectivity index (χ0v) is 17.2. The number of phenols is 1. The molecule has 4 aromatic rings. The molecule has 0 aliphatic carbocycles. The number of furan rings is 1. The topological polar surface area (TPSA) is 79.9 Å². The maximum Gasteiger partial charge on any atom is 0.573 e. The van der Waals surface area contributed by atoms with Gasteiger partial charge in [0.2, 0.25) is 0 Å². The lowest BCUT2D eigenvalue weighted by atomic mass is 10.0. The van der Waals surface area contributed by atoms with Crippen LogP contribution in [-0.4, -0.2) is 22.5 Å². The minimum Gasteiger partial charge on any atom is -0.507 e. The van der Waals surface area contributed by atoms with Gasteiger partial charge in [0, 0.05) is 27.6 Å². The van der Waals surface area contributed by atoms with Crippen LogP contribution in [0.5, 0.6) is 11.5 Å². The van der Waals surface area contributed by atoms with E-state index in [4.69, 9.17) is 16.0 Å². The second kappa shape index (κ2) is 8.45. The fourth-order valence-electron chi connectivity index (χ4n) is 3.14. The van der Waals surface area contributed by atoms with E-state index in [1.807, 2.05) is 0 Å². The zero-order valence-electron chi connectivity index (χ0n) is 16.4. The smallest absolute Gasteiger partial charge is 0.507 e. The number of rotatable bonds is 3. The molecule has 0 amide bonds. The Balaban J connectivity index is 1.88. The Hall–Kier alpha value is -4.09. The van der Waals surface area contributed by atoms with Crippen molar-refractivity contribution in [1.82, 2.24) is 0 Å². The molecular formula is C24H12ClF3O5. The first-order chi connectivity index (χ1) is 15.6. The average molecular weight is 473 g/mol. The Labute approximate surface area is 189 Å². The van der Waals surface area contributed by atoms with Gasteiger partial charge in [-0.25, -0.2) is 4.79 Å². The van der Waals surface area contributed by atoms with E-state index in [2.05, 4.69) is 16.6 Å². The van der Waals surface area contributed by atoms with Crippen LogP contribution < -0.4 is 4.74 Å². The molecule has 0 fully saturated rings. The Morgan fingerprint density at radius 3 is 2.39 bits per heavy atom. The van der Waals surface area contributed by atoms with Crippen molar-refractivity contribution in [3.63, 3.8) is 0 Å². The van der Waals surface area contributed by atoms with Crippen LogP contribution in [-0.2, 0) is 0 Å². The number of hydrogen-bond acceptors (Lipinski definition) is 4. The number of carboxylic acids is 1. The molecular weight excluding hydrogens is 461 g/mol. The molecule has 0 spiro atoms. The zero-order chi connectivity index (χ0) is 23.8. The van der Waals surface area contributed by atoms with E-state index >= 15 is 0 Å². The number of alkyl halides is 3. The highest BCUT2D eigenvalue weighted by Crippen LogP contribution is 2.37. The highest BCUT2D eigenvalue weighted by molar-refractivity contribution is 6.30. The van der Waals surface area contributed by atoms with Gasteiger partial charge in [-0.2, -0.15) is 0 Å². The summed E-state index contributed by atoms with van der Waals surface area (Å²) in [5, 5.41) is 20.2. The molecule has 2 N–H and O–H groups in total. The van der Waals surface area contributed by atoms with Gasteiger partial charge in [0.15, 0.2) is 5.76 Å². The number of aromatic carboxylic acids is 1. The number of benzene rings is 3. The number of halogens is 4. The summed E-state index contributed by atoms with van der Waals surface area (Å²) in [6.07, 6.45) is -4.83. The average Bonchev–Trinajstić information content (AvgIpc) is 3.08. The fourth-order valence-corrected chi connectivity index (χ4v) is 3.33. The molecule has 1 aromatic heterocycles. The molecule has 3 aromatic carbocycles. The lowest BCUT2D eigenvalue weighted by Gasteiger charge is -2.08. The summed E-state index contributed by atoms with van der Waals surface area (Å²) in [6.45, 7) is 0. The second-order valence-corrected chi connectivity index (χ2v) is 7.25. The number of carbonyl (C=O) groups is 1. The van der Waals surface area contributed by atoms with Crippen LogP contribution in [0.1, 0.15) is 21.5 Å². The van der Waals surface area contributed by atoms with E-state index in [9.17, 15) is 28.2 Å². The predicted octanol–water partition coefficient (Wildman–Crippen LogP) is 6.46. The molecule has 0 aliphatic rings. The van der Waals surface area contributed by atoms with Crippen LogP contribution in [0, 0.1) is 11.8 Å². The second-order valence-electron chi connectivity index (χ2n) is 6.81.